The molecule has 0 aromatic carbocycles. The van der Waals surface area contributed by atoms with Crippen molar-refractivity contribution in [3.63, 3.8) is 0 Å². The second kappa shape index (κ2) is 6.09. The summed E-state index contributed by atoms with van der Waals surface area (Å²) >= 11 is 0. The maximum atomic E-state index is 12.6. The van der Waals surface area contributed by atoms with Gasteiger partial charge in [0.1, 0.15) is 17.6 Å². The third-order valence-corrected chi connectivity index (χ3v) is 3.26. The summed E-state index contributed by atoms with van der Waals surface area (Å²) in [7, 11) is 0. The Hall–Kier alpha value is -1.81. The first-order chi connectivity index (χ1) is 9.50. The maximum absolute atomic E-state index is 12.6. The number of piperidine rings is 1. The molecule has 1 aliphatic rings. The van der Waals surface area contributed by atoms with Crippen LogP contribution in [-0.4, -0.2) is 24.6 Å². The minimum atomic E-state index is -4.50. The highest BCUT2D eigenvalue weighted by Crippen LogP contribution is 2.29. The lowest BCUT2D eigenvalue weighted by Crippen LogP contribution is -2.33. The molecular weight excluding hydrogens is 269 g/mol. The van der Waals surface area contributed by atoms with E-state index in [0.717, 1.165) is 38.1 Å². The fraction of sp³-hybridized carbons (Fsp3) is 0.538. The van der Waals surface area contributed by atoms with Crippen LogP contribution < -0.4 is 10.6 Å². The van der Waals surface area contributed by atoms with E-state index in [1.807, 2.05) is 6.07 Å². The highest BCUT2D eigenvalue weighted by molar-refractivity contribution is 5.52. The van der Waals surface area contributed by atoms with Crippen molar-refractivity contribution in [2.45, 2.75) is 19.0 Å². The summed E-state index contributed by atoms with van der Waals surface area (Å²) in [4.78, 5) is 3.52. The zero-order valence-corrected chi connectivity index (χ0v) is 10.8. The van der Waals surface area contributed by atoms with Gasteiger partial charge in [0.2, 0.25) is 0 Å². The molecule has 2 heterocycles. The first-order valence-corrected chi connectivity index (χ1v) is 6.43. The van der Waals surface area contributed by atoms with Gasteiger partial charge in [-0.2, -0.15) is 18.4 Å². The van der Waals surface area contributed by atoms with Crippen LogP contribution in [0.5, 0.6) is 0 Å². The summed E-state index contributed by atoms with van der Waals surface area (Å²) in [5.74, 6) is 0.347. The molecule has 1 aromatic rings. The monoisotopic (exact) mass is 284 g/mol. The van der Waals surface area contributed by atoms with E-state index in [0.29, 0.717) is 12.5 Å². The molecule has 1 fully saturated rings. The first-order valence-electron chi connectivity index (χ1n) is 6.43. The van der Waals surface area contributed by atoms with E-state index >= 15 is 0 Å². The molecule has 1 unspecified atom stereocenters. The van der Waals surface area contributed by atoms with Gasteiger partial charge in [-0.15, -0.1) is 0 Å². The van der Waals surface area contributed by atoms with Crippen LogP contribution in [0.15, 0.2) is 12.1 Å². The van der Waals surface area contributed by atoms with Crippen LogP contribution in [-0.2, 0) is 6.18 Å². The number of nitriles is 1. The van der Waals surface area contributed by atoms with Crippen LogP contribution in [0.2, 0.25) is 0 Å². The highest BCUT2D eigenvalue weighted by atomic mass is 19.4. The summed E-state index contributed by atoms with van der Waals surface area (Å²) in [6.45, 7) is 2.31. The molecule has 0 radical (unpaired) electrons. The van der Waals surface area contributed by atoms with Crippen molar-refractivity contribution in [2.75, 3.05) is 25.0 Å². The van der Waals surface area contributed by atoms with Crippen LogP contribution >= 0.6 is 0 Å². The number of pyridine rings is 1. The number of nitrogens with zero attached hydrogens (tertiary/aromatic N) is 2. The SMILES string of the molecule is N#Cc1ccc(C(F)(F)F)nc1NCC1CCCNC1. The van der Waals surface area contributed by atoms with E-state index in [-0.39, 0.29) is 11.4 Å². The number of hydrogen-bond acceptors (Lipinski definition) is 4. The molecule has 0 saturated carbocycles. The maximum Gasteiger partial charge on any atom is 0.433 e. The molecule has 1 atom stereocenters. The van der Waals surface area contributed by atoms with Gasteiger partial charge in [-0.05, 0) is 44.0 Å². The van der Waals surface area contributed by atoms with Gasteiger partial charge in [-0.3, -0.25) is 0 Å². The van der Waals surface area contributed by atoms with Crippen molar-refractivity contribution in [3.05, 3.63) is 23.4 Å². The molecule has 0 spiro atoms. The number of alkyl halides is 3. The van der Waals surface area contributed by atoms with Gasteiger partial charge in [0.15, 0.2) is 0 Å². The molecule has 2 rings (SSSR count). The quantitative estimate of drug-likeness (QED) is 0.894. The molecule has 0 bridgehead atoms. The summed E-state index contributed by atoms with van der Waals surface area (Å²) in [6.07, 6.45) is -2.44. The van der Waals surface area contributed by atoms with E-state index < -0.39 is 11.9 Å². The van der Waals surface area contributed by atoms with E-state index in [1.54, 1.807) is 0 Å². The predicted molar refractivity (Wildman–Crippen MR) is 68.0 cm³/mol. The topological polar surface area (TPSA) is 60.7 Å². The third-order valence-electron chi connectivity index (χ3n) is 3.26. The van der Waals surface area contributed by atoms with E-state index in [9.17, 15) is 13.2 Å². The van der Waals surface area contributed by atoms with E-state index in [4.69, 9.17) is 5.26 Å². The van der Waals surface area contributed by atoms with Crippen LogP contribution in [0.1, 0.15) is 24.1 Å². The zero-order chi connectivity index (χ0) is 14.6. The molecule has 7 heteroatoms. The second-order valence-corrected chi connectivity index (χ2v) is 4.80. The van der Waals surface area contributed by atoms with Gasteiger partial charge in [-0.1, -0.05) is 0 Å². The molecule has 4 nitrogen and oxygen atoms in total. The lowest BCUT2D eigenvalue weighted by atomic mass is 10.00. The van der Waals surface area contributed by atoms with Gasteiger partial charge in [0, 0.05) is 6.54 Å². The van der Waals surface area contributed by atoms with Crippen LogP contribution in [0, 0.1) is 17.2 Å². The highest BCUT2D eigenvalue weighted by Gasteiger charge is 2.33. The number of nitrogens with one attached hydrogen (secondary N) is 2. The molecule has 108 valence electrons. The van der Waals surface area contributed by atoms with Gasteiger partial charge in [0.25, 0.3) is 0 Å². The van der Waals surface area contributed by atoms with Crippen molar-refractivity contribution >= 4 is 5.82 Å². The summed E-state index contributed by atoms with van der Waals surface area (Å²) < 4.78 is 37.8. The molecule has 2 N–H and O–H groups in total. The summed E-state index contributed by atoms with van der Waals surface area (Å²) in [5, 5.41) is 15.0. The minimum Gasteiger partial charge on any atom is -0.369 e. The normalized spacial score (nSPS) is 19.4. The number of anilines is 1. The molecule has 1 aliphatic heterocycles. The number of hydrogen-bond donors (Lipinski definition) is 2. The van der Waals surface area contributed by atoms with Crippen LogP contribution in [0.4, 0.5) is 19.0 Å². The van der Waals surface area contributed by atoms with Gasteiger partial charge in [0.05, 0.1) is 5.56 Å². The smallest absolute Gasteiger partial charge is 0.369 e. The number of halogens is 3. The third kappa shape index (κ3) is 3.61. The minimum absolute atomic E-state index is 0.00731. The zero-order valence-electron chi connectivity index (χ0n) is 10.8. The predicted octanol–water partition coefficient (Wildman–Crippen LogP) is 2.38. The molecule has 0 amide bonds. The van der Waals surface area contributed by atoms with Gasteiger partial charge >= 0.3 is 6.18 Å². The van der Waals surface area contributed by atoms with Crippen LogP contribution in [0.25, 0.3) is 0 Å². The lowest BCUT2D eigenvalue weighted by molar-refractivity contribution is -0.141. The van der Waals surface area contributed by atoms with Crippen LogP contribution in [0.3, 0.4) is 0 Å². The van der Waals surface area contributed by atoms with Gasteiger partial charge in [-0.25, -0.2) is 4.98 Å². The Balaban J connectivity index is 2.10. The van der Waals surface area contributed by atoms with Crippen molar-refractivity contribution in [1.29, 1.82) is 5.26 Å². The number of aromatic nitrogens is 1. The largest absolute Gasteiger partial charge is 0.433 e. The molecule has 1 aromatic heterocycles. The van der Waals surface area contributed by atoms with E-state index in [1.165, 1.54) is 0 Å². The first kappa shape index (κ1) is 14.6. The summed E-state index contributed by atoms with van der Waals surface area (Å²) in [5.41, 5.74) is -0.859. The Bertz CT molecular complexity index is 501. The molecule has 1 saturated heterocycles. The fourth-order valence-corrected chi connectivity index (χ4v) is 2.18. The fourth-order valence-electron chi connectivity index (χ4n) is 2.18. The molecule has 20 heavy (non-hydrogen) atoms. The second-order valence-electron chi connectivity index (χ2n) is 4.80. The van der Waals surface area contributed by atoms with Crippen molar-refractivity contribution in [1.82, 2.24) is 10.3 Å². The number of rotatable bonds is 3. The average Bonchev–Trinajstić information content (AvgIpc) is 2.45. The van der Waals surface area contributed by atoms with Crippen molar-refractivity contribution in [3.8, 4) is 6.07 Å². The molecular formula is C13H15F3N4. The summed E-state index contributed by atoms with van der Waals surface area (Å²) in [6, 6.07) is 3.83. The van der Waals surface area contributed by atoms with Crippen molar-refractivity contribution < 1.29 is 13.2 Å². The van der Waals surface area contributed by atoms with Gasteiger partial charge < -0.3 is 10.6 Å². The Morgan fingerprint density at radius 2 is 2.25 bits per heavy atom. The van der Waals surface area contributed by atoms with E-state index in [2.05, 4.69) is 15.6 Å². The Kier molecular flexibility index (Phi) is 4.45. The molecule has 0 aliphatic carbocycles. The Labute approximate surface area is 115 Å². The Morgan fingerprint density at radius 3 is 2.85 bits per heavy atom. The average molecular weight is 284 g/mol. The lowest BCUT2D eigenvalue weighted by Gasteiger charge is -2.23. The standard InChI is InChI=1S/C13H15F3N4/c14-13(15,16)11-4-3-10(6-17)12(20-11)19-8-9-2-1-5-18-7-9/h3-4,9,18H,1-2,5,7-8H2,(H,19,20). The Morgan fingerprint density at radius 1 is 1.45 bits per heavy atom. The van der Waals surface area contributed by atoms with Crippen molar-refractivity contribution in [2.24, 2.45) is 5.92 Å².